The van der Waals surface area contributed by atoms with Crippen LogP contribution in [0, 0.1) is 0 Å². The van der Waals surface area contributed by atoms with Gasteiger partial charge in [0, 0.05) is 24.6 Å². The number of amides is 1. The van der Waals surface area contributed by atoms with Gasteiger partial charge in [0.05, 0.1) is 17.2 Å². The lowest BCUT2D eigenvalue weighted by Gasteiger charge is -2.21. The quantitative estimate of drug-likeness (QED) is 0.765. The molecule has 1 N–H and O–H groups in total. The second-order valence-electron chi connectivity index (χ2n) is 7.34. The summed E-state index contributed by atoms with van der Waals surface area (Å²) in [6, 6.07) is 5.58. The fraction of sp³-hybridized carbons (Fsp3) is 0.476. The molecule has 1 saturated carbocycles. The van der Waals surface area contributed by atoms with E-state index in [1.807, 2.05) is 30.4 Å². The van der Waals surface area contributed by atoms with E-state index in [9.17, 15) is 9.59 Å². The zero-order chi connectivity index (χ0) is 19.0. The summed E-state index contributed by atoms with van der Waals surface area (Å²) in [6.07, 6.45) is 7.61. The van der Waals surface area contributed by atoms with Crippen LogP contribution in [0.3, 0.4) is 0 Å². The molecule has 6 heteroatoms. The predicted molar refractivity (Wildman–Crippen MR) is 106 cm³/mol. The first-order valence-electron chi connectivity index (χ1n) is 9.96. The van der Waals surface area contributed by atoms with Crippen LogP contribution in [0.4, 0.5) is 0 Å². The number of imidazole rings is 1. The van der Waals surface area contributed by atoms with Gasteiger partial charge < -0.3 is 9.88 Å². The van der Waals surface area contributed by atoms with E-state index in [1.165, 1.54) is 19.3 Å². The Morgan fingerprint density at radius 1 is 1.19 bits per heavy atom. The lowest BCUT2D eigenvalue weighted by atomic mass is 9.89. The van der Waals surface area contributed by atoms with Gasteiger partial charge in [0.1, 0.15) is 11.3 Å². The third-order valence-electron chi connectivity index (χ3n) is 5.78. The Morgan fingerprint density at radius 3 is 2.63 bits per heavy atom. The third-order valence-corrected chi connectivity index (χ3v) is 5.78. The van der Waals surface area contributed by atoms with E-state index in [4.69, 9.17) is 0 Å². The summed E-state index contributed by atoms with van der Waals surface area (Å²) in [5.74, 6) is 1.35. The molecular weight excluding hydrogens is 340 g/mol. The fourth-order valence-electron chi connectivity index (χ4n) is 4.27. The molecule has 0 bridgehead atoms. The lowest BCUT2D eigenvalue weighted by molar-refractivity contribution is 0.0773. The van der Waals surface area contributed by atoms with E-state index in [2.05, 4.69) is 9.97 Å². The van der Waals surface area contributed by atoms with Crippen LogP contribution in [0.25, 0.3) is 16.6 Å². The fourth-order valence-corrected chi connectivity index (χ4v) is 4.27. The summed E-state index contributed by atoms with van der Waals surface area (Å²) in [4.78, 5) is 34.6. The second-order valence-corrected chi connectivity index (χ2v) is 7.34. The summed E-state index contributed by atoms with van der Waals surface area (Å²) in [5, 5.41) is 0. The van der Waals surface area contributed by atoms with Gasteiger partial charge in [-0.1, -0.05) is 19.3 Å². The van der Waals surface area contributed by atoms with Crippen molar-refractivity contribution in [1.82, 2.24) is 19.3 Å². The Labute approximate surface area is 158 Å². The molecule has 1 fully saturated rings. The molecule has 4 rings (SSSR count). The van der Waals surface area contributed by atoms with Gasteiger partial charge in [0.25, 0.3) is 11.5 Å². The summed E-state index contributed by atoms with van der Waals surface area (Å²) < 4.78 is 2.00. The van der Waals surface area contributed by atoms with Crippen molar-refractivity contribution in [1.29, 1.82) is 0 Å². The molecule has 0 spiro atoms. The van der Waals surface area contributed by atoms with Crippen molar-refractivity contribution in [3.63, 3.8) is 0 Å². The first kappa shape index (κ1) is 17.8. The Bertz CT molecular complexity index is 1040. The van der Waals surface area contributed by atoms with Crippen molar-refractivity contribution in [3.05, 3.63) is 46.1 Å². The average molecular weight is 366 g/mol. The predicted octanol–water partition coefficient (Wildman–Crippen LogP) is 3.71. The minimum Gasteiger partial charge on any atom is -0.339 e. The number of fused-ring (bicyclic) bond motifs is 3. The zero-order valence-electron chi connectivity index (χ0n) is 16.0. The van der Waals surface area contributed by atoms with Crippen molar-refractivity contribution in [2.45, 2.75) is 51.9 Å². The average Bonchev–Trinajstić information content (AvgIpc) is 3.15. The van der Waals surface area contributed by atoms with Crippen LogP contribution < -0.4 is 5.56 Å². The van der Waals surface area contributed by atoms with Crippen LogP contribution in [0.15, 0.2) is 29.2 Å². The summed E-state index contributed by atoms with van der Waals surface area (Å²) in [6.45, 7) is 5.26. The van der Waals surface area contributed by atoms with Crippen LogP contribution in [0.1, 0.15) is 68.1 Å². The lowest BCUT2D eigenvalue weighted by Crippen LogP contribution is -2.30. The Morgan fingerprint density at radius 2 is 1.93 bits per heavy atom. The van der Waals surface area contributed by atoms with Gasteiger partial charge in [0.15, 0.2) is 0 Å². The highest BCUT2D eigenvalue weighted by Gasteiger charge is 2.22. The van der Waals surface area contributed by atoms with E-state index in [0.717, 1.165) is 24.2 Å². The van der Waals surface area contributed by atoms with E-state index in [1.54, 1.807) is 17.2 Å². The third kappa shape index (κ3) is 3.03. The van der Waals surface area contributed by atoms with Crippen LogP contribution in [0.2, 0.25) is 0 Å². The number of carbonyl (C=O) groups excluding carboxylic acids is 1. The van der Waals surface area contributed by atoms with E-state index >= 15 is 0 Å². The van der Waals surface area contributed by atoms with Gasteiger partial charge in [-0.25, -0.2) is 4.98 Å². The van der Waals surface area contributed by atoms with Crippen molar-refractivity contribution >= 4 is 22.5 Å². The zero-order valence-corrected chi connectivity index (χ0v) is 16.0. The van der Waals surface area contributed by atoms with Gasteiger partial charge in [-0.2, -0.15) is 0 Å². The van der Waals surface area contributed by atoms with Crippen molar-refractivity contribution in [2.75, 3.05) is 13.1 Å². The number of nitrogens with one attached hydrogen (secondary N) is 1. The molecule has 2 heterocycles. The van der Waals surface area contributed by atoms with Crippen molar-refractivity contribution < 1.29 is 4.79 Å². The molecular formula is C21H26N4O2. The molecule has 2 aromatic heterocycles. The van der Waals surface area contributed by atoms with Crippen LogP contribution in [0.5, 0.6) is 0 Å². The van der Waals surface area contributed by atoms with Crippen molar-refractivity contribution in [2.24, 2.45) is 0 Å². The van der Waals surface area contributed by atoms with Crippen molar-refractivity contribution in [3.8, 4) is 0 Å². The summed E-state index contributed by atoms with van der Waals surface area (Å²) in [7, 11) is 0. The van der Waals surface area contributed by atoms with Gasteiger partial charge in [0.2, 0.25) is 0 Å². The van der Waals surface area contributed by atoms with Gasteiger partial charge in [-0.05, 0) is 44.9 Å². The van der Waals surface area contributed by atoms with Gasteiger partial charge in [-0.3, -0.25) is 14.0 Å². The molecule has 0 saturated heterocycles. The van der Waals surface area contributed by atoms with Crippen LogP contribution >= 0.6 is 0 Å². The molecule has 6 nitrogen and oxygen atoms in total. The molecule has 1 aromatic carbocycles. The van der Waals surface area contributed by atoms with Gasteiger partial charge >= 0.3 is 0 Å². The normalized spacial score (nSPS) is 15.5. The number of hydrogen-bond donors (Lipinski definition) is 1. The molecule has 0 radical (unpaired) electrons. The topological polar surface area (TPSA) is 70.5 Å². The Kier molecular flexibility index (Phi) is 4.72. The largest absolute Gasteiger partial charge is 0.339 e. The van der Waals surface area contributed by atoms with Crippen LogP contribution in [-0.4, -0.2) is 38.3 Å². The van der Waals surface area contributed by atoms with Crippen LogP contribution in [-0.2, 0) is 0 Å². The highest BCUT2D eigenvalue weighted by molar-refractivity contribution is 5.97. The minimum absolute atomic E-state index is 0.0130. The molecule has 27 heavy (non-hydrogen) atoms. The molecule has 0 atom stereocenters. The minimum atomic E-state index is -0.163. The number of aromatic nitrogens is 3. The highest BCUT2D eigenvalue weighted by atomic mass is 16.2. The molecule has 142 valence electrons. The maximum Gasteiger partial charge on any atom is 0.274 e. The molecule has 1 amide bonds. The smallest absolute Gasteiger partial charge is 0.274 e. The summed E-state index contributed by atoms with van der Waals surface area (Å²) in [5.41, 5.74) is 2.59. The number of benzene rings is 1. The highest BCUT2D eigenvalue weighted by Crippen LogP contribution is 2.33. The first-order valence-corrected chi connectivity index (χ1v) is 9.96. The standard InChI is InChI=1S/C21H26N4O2/c1-3-24(4-2)21(27)15-10-11-17-16(12-15)23-20(26)18-13-22-19(25(17)18)14-8-6-5-7-9-14/h10-14H,3-9H2,1-2H3,(H,23,26). The monoisotopic (exact) mass is 366 g/mol. The van der Waals surface area contributed by atoms with Gasteiger partial charge in [-0.15, -0.1) is 0 Å². The molecule has 0 aliphatic heterocycles. The van der Waals surface area contributed by atoms with E-state index in [0.29, 0.717) is 35.6 Å². The number of hydrogen-bond acceptors (Lipinski definition) is 3. The molecule has 0 unspecified atom stereocenters. The maximum absolute atomic E-state index is 12.7. The molecule has 1 aliphatic rings. The number of nitrogens with zero attached hydrogens (tertiary/aromatic N) is 3. The second kappa shape index (κ2) is 7.18. The molecule has 1 aliphatic carbocycles. The van der Waals surface area contributed by atoms with E-state index < -0.39 is 0 Å². The van der Waals surface area contributed by atoms with E-state index in [-0.39, 0.29) is 11.5 Å². The molecule has 3 aromatic rings. The Hall–Kier alpha value is -2.63. The summed E-state index contributed by atoms with van der Waals surface area (Å²) >= 11 is 0. The number of aromatic amines is 1. The maximum atomic E-state index is 12.7. The number of H-pyrrole nitrogens is 1. The first-order chi connectivity index (χ1) is 13.1. The Balaban J connectivity index is 1.87. The SMILES string of the molecule is CCN(CC)C(=O)c1ccc2c(c1)[nH]c(=O)c1cnc(C3CCCCC3)n12. The number of rotatable bonds is 4. The number of carbonyl (C=O) groups is 1.